The number of piperidine rings is 1. The number of fused-ring (bicyclic) bond motifs is 1. The van der Waals surface area contributed by atoms with Gasteiger partial charge in [0, 0.05) is 25.6 Å². The van der Waals surface area contributed by atoms with Crippen LogP contribution in [-0.2, 0) is 9.47 Å². The summed E-state index contributed by atoms with van der Waals surface area (Å²) in [5.74, 6) is 1.71. The Morgan fingerprint density at radius 3 is 2.92 bits per heavy atom. The Labute approximate surface area is 144 Å². The molecule has 0 saturated carbocycles. The van der Waals surface area contributed by atoms with Gasteiger partial charge in [-0.2, -0.15) is 0 Å². The molecule has 5 heteroatoms. The van der Waals surface area contributed by atoms with E-state index in [9.17, 15) is 0 Å². The maximum atomic E-state index is 6.10. The summed E-state index contributed by atoms with van der Waals surface area (Å²) in [6, 6.07) is 7.90. The van der Waals surface area contributed by atoms with Crippen LogP contribution in [0.15, 0.2) is 24.3 Å². The van der Waals surface area contributed by atoms with E-state index in [0.717, 1.165) is 37.7 Å². The first-order valence-corrected chi connectivity index (χ1v) is 8.86. The lowest BCUT2D eigenvalue weighted by molar-refractivity contribution is -0.0249. The summed E-state index contributed by atoms with van der Waals surface area (Å²) in [6.45, 7) is 8.12. The summed E-state index contributed by atoms with van der Waals surface area (Å²) < 4.78 is 22.8. The van der Waals surface area contributed by atoms with Crippen molar-refractivity contribution >= 4 is 0 Å². The predicted octanol–water partition coefficient (Wildman–Crippen LogP) is 2.59. The van der Waals surface area contributed by atoms with Gasteiger partial charge in [0.25, 0.3) is 0 Å². The van der Waals surface area contributed by atoms with E-state index in [-0.39, 0.29) is 11.5 Å². The van der Waals surface area contributed by atoms with E-state index in [1.54, 1.807) is 7.11 Å². The first-order chi connectivity index (χ1) is 11.7. The Balaban J connectivity index is 1.49. The Hall–Kier alpha value is -1.30. The maximum Gasteiger partial charge on any atom is 0.161 e. The number of benzene rings is 1. The van der Waals surface area contributed by atoms with Gasteiger partial charge in [0.15, 0.2) is 11.5 Å². The molecule has 0 unspecified atom stereocenters. The van der Waals surface area contributed by atoms with Gasteiger partial charge in [-0.05, 0) is 31.5 Å². The molecule has 0 aliphatic carbocycles. The van der Waals surface area contributed by atoms with Gasteiger partial charge in [0.2, 0.25) is 0 Å². The highest BCUT2D eigenvalue weighted by Gasteiger charge is 2.33. The SMILES string of the molecule is COCCOC[C@@]1(C)CCCN(C[C@H]2COc3ccccc3O2)C1. The molecule has 0 amide bonds. The summed E-state index contributed by atoms with van der Waals surface area (Å²) in [6.07, 6.45) is 2.51. The Morgan fingerprint density at radius 1 is 1.25 bits per heavy atom. The molecule has 5 nitrogen and oxygen atoms in total. The van der Waals surface area contributed by atoms with Gasteiger partial charge < -0.3 is 18.9 Å². The topological polar surface area (TPSA) is 40.2 Å². The van der Waals surface area contributed by atoms with E-state index in [2.05, 4.69) is 11.8 Å². The number of nitrogens with zero attached hydrogens (tertiary/aromatic N) is 1. The predicted molar refractivity (Wildman–Crippen MR) is 92.8 cm³/mol. The highest BCUT2D eigenvalue weighted by Crippen LogP contribution is 2.33. The van der Waals surface area contributed by atoms with Gasteiger partial charge in [-0.15, -0.1) is 0 Å². The van der Waals surface area contributed by atoms with Crippen LogP contribution in [0, 0.1) is 5.41 Å². The third-order valence-corrected chi connectivity index (χ3v) is 4.77. The molecular formula is C19H29NO4. The van der Waals surface area contributed by atoms with Crippen LogP contribution in [-0.4, -0.2) is 64.2 Å². The molecule has 1 aromatic rings. The second-order valence-corrected chi connectivity index (χ2v) is 7.19. The molecule has 1 aromatic carbocycles. The van der Waals surface area contributed by atoms with Crippen molar-refractivity contribution in [3.63, 3.8) is 0 Å². The highest BCUT2D eigenvalue weighted by molar-refractivity contribution is 5.40. The lowest BCUT2D eigenvalue weighted by atomic mass is 9.82. The average Bonchev–Trinajstić information content (AvgIpc) is 2.59. The fourth-order valence-electron chi connectivity index (χ4n) is 3.60. The van der Waals surface area contributed by atoms with Crippen molar-refractivity contribution < 1.29 is 18.9 Å². The van der Waals surface area contributed by atoms with E-state index in [1.165, 1.54) is 12.8 Å². The van der Waals surface area contributed by atoms with E-state index in [1.807, 2.05) is 24.3 Å². The first-order valence-electron chi connectivity index (χ1n) is 8.86. The van der Waals surface area contributed by atoms with Crippen molar-refractivity contribution in [1.82, 2.24) is 4.90 Å². The Morgan fingerprint density at radius 2 is 2.08 bits per heavy atom. The molecule has 24 heavy (non-hydrogen) atoms. The minimum Gasteiger partial charge on any atom is -0.486 e. The van der Waals surface area contributed by atoms with Crippen molar-refractivity contribution in [2.45, 2.75) is 25.9 Å². The summed E-state index contributed by atoms with van der Waals surface area (Å²) in [5, 5.41) is 0. The zero-order valence-corrected chi connectivity index (χ0v) is 14.8. The molecule has 134 valence electrons. The molecule has 3 rings (SSSR count). The Bertz CT molecular complexity index is 524. The van der Waals surface area contributed by atoms with Gasteiger partial charge in [0.05, 0.1) is 19.8 Å². The molecule has 2 atom stereocenters. The van der Waals surface area contributed by atoms with Gasteiger partial charge >= 0.3 is 0 Å². The summed E-state index contributed by atoms with van der Waals surface area (Å²) in [5.41, 5.74) is 0.208. The largest absolute Gasteiger partial charge is 0.486 e. The van der Waals surface area contributed by atoms with Crippen LogP contribution in [0.2, 0.25) is 0 Å². The number of hydrogen-bond donors (Lipinski definition) is 0. The molecule has 0 bridgehead atoms. The lowest BCUT2D eigenvalue weighted by Crippen LogP contribution is -2.49. The van der Waals surface area contributed by atoms with Crippen molar-refractivity contribution in [3.8, 4) is 11.5 Å². The molecule has 2 heterocycles. The summed E-state index contributed by atoms with van der Waals surface area (Å²) in [4.78, 5) is 2.49. The maximum absolute atomic E-state index is 6.10. The molecule has 0 radical (unpaired) electrons. The van der Waals surface area contributed by atoms with Crippen molar-refractivity contribution in [2.24, 2.45) is 5.41 Å². The molecule has 1 saturated heterocycles. The molecular weight excluding hydrogens is 306 g/mol. The zero-order chi connectivity index (χ0) is 16.8. The van der Waals surface area contributed by atoms with Gasteiger partial charge in [0.1, 0.15) is 12.7 Å². The third-order valence-electron chi connectivity index (χ3n) is 4.77. The zero-order valence-electron chi connectivity index (χ0n) is 14.8. The molecule has 2 aliphatic rings. The number of ether oxygens (including phenoxy) is 4. The van der Waals surface area contributed by atoms with E-state index >= 15 is 0 Å². The summed E-state index contributed by atoms with van der Waals surface area (Å²) >= 11 is 0. The average molecular weight is 335 g/mol. The highest BCUT2D eigenvalue weighted by atomic mass is 16.6. The molecule has 0 aromatic heterocycles. The van der Waals surface area contributed by atoms with E-state index < -0.39 is 0 Å². The smallest absolute Gasteiger partial charge is 0.161 e. The molecule has 0 spiro atoms. The van der Waals surface area contributed by atoms with Gasteiger partial charge in [-0.3, -0.25) is 4.90 Å². The van der Waals surface area contributed by atoms with Gasteiger partial charge in [-0.25, -0.2) is 0 Å². The number of para-hydroxylation sites is 2. The van der Waals surface area contributed by atoms with Crippen LogP contribution < -0.4 is 9.47 Å². The van der Waals surface area contributed by atoms with Crippen molar-refractivity contribution in [3.05, 3.63) is 24.3 Å². The van der Waals surface area contributed by atoms with Crippen LogP contribution in [0.1, 0.15) is 19.8 Å². The number of methoxy groups -OCH3 is 1. The minimum atomic E-state index is 0.0941. The fraction of sp³-hybridized carbons (Fsp3) is 0.684. The second-order valence-electron chi connectivity index (χ2n) is 7.19. The standard InChI is InChI=1S/C19H29NO4/c1-19(15-22-11-10-21-2)8-5-9-20(14-19)12-16-13-23-17-6-3-4-7-18(17)24-16/h3-4,6-7,16H,5,8-15H2,1-2H3/t16-,19-/m0/s1. The van der Waals surface area contributed by atoms with Crippen molar-refractivity contribution in [1.29, 1.82) is 0 Å². The quantitative estimate of drug-likeness (QED) is 0.716. The number of hydrogen-bond acceptors (Lipinski definition) is 5. The fourth-order valence-corrected chi connectivity index (χ4v) is 3.60. The third kappa shape index (κ3) is 4.62. The van der Waals surface area contributed by atoms with Crippen LogP contribution >= 0.6 is 0 Å². The molecule has 2 aliphatic heterocycles. The van der Waals surface area contributed by atoms with Crippen LogP contribution in [0.5, 0.6) is 11.5 Å². The van der Waals surface area contributed by atoms with E-state index in [0.29, 0.717) is 19.8 Å². The number of likely N-dealkylation sites (tertiary alicyclic amines) is 1. The lowest BCUT2D eigenvalue weighted by Gasteiger charge is -2.41. The normalized spacial score (nSPS) is 27.2. The molecule has 1 fully saturated rings. The van der Waals surface area contributed by atoms with Crippen LogP contribution in [0.25, 0.3) is 0 Å². The minimum absolute atomic E-state index is 0.0941. The first kappa shape index (κ1) is 17.5. The van der Waals surface area contributed by atoms with Crippen LogP contribution in [0.3, 0.4) is 0 Å². The van der Waals surface area contributed by atoms with Gasteiger partial charge in [-0.1, -0.05) is 19.1 Å². The second kappa shape index (κ2) is 8.19. The molecule has 0 N–H and O–H groups in total. The van der Waals surface area contributed by atoms with Crippen molar-refractivity contribution in [2.75, 3.05) is 53.2 Å². The monoisotopic (exact) mass is 335 g/mol. The van der Waals surface area contributed by atoms with Crippen LogP contribution in [0.4, 0.5) is 0 Å². The Kier molecular flexibility index (Phi) is 5.98. The van der Waals surface area contributed by atoms with E-state index in [4.69, 9.17) is 18.9 Å². The summed E-state index contributed by atoms with van der Waals surface area (Å²) in [7, 11) is 1.71. The number of rotatable bonds is 7.